The van der Waals surface area contributed by atoms with Crippen LogP contribution in [0.2, 0.25) is 0 Å². The maximum Gasteiger partial charge on any atom is 0.290 e. The molecule has 4 aromatic rings. The van der Waals surface area contributed by atoms with Crippen molar-refractivity contribution in [2.24, 2.45) is 5.73 Å². The van der Waals surface area contributed by atoms with Crippen molar-refractivity contribution in [2.75, 3.05) is 57.2 Å². The maximum atomic E-state index is 8.36. The summed E-state index contributed by atoms with van der Waals surface area (Å²) in [4.78, 5) is 38.3. The molecule has 0 unspecified atom stereocenters. The van der Waals surface area contributed by atoms with E-state index >= 15 is 0 Å². The van der Waals surface area contributed by atoms with E-state index in [9.17, 15) is 0 Å². The second-order valence-corrected chi connectivity index (χ2v) is 12.8. The lowest BCUT2D eigenvalue weighted by Crippen LogP contribution is -2.42. The number of fused-ring (bicyclic) bond motifs is 2. The van der Waals surface area contributed by atoms with Crippen LogP contribution in [0, 0.1) is 0 Å². The Morgan fingerprint density at radius 3 is 1.56 bits per heavy atom. The highest BCUT2D eigenvalue weighted by atomic mass is 32.1. The molecule has 0 amide bonds. The summed E-state index contributed by atoms with van der Waals surface area (Å²) in [6.07, 6.45) is 10.1. The van der Waals surface area contributed by atoms with Gasteiger partial charge in [0.15, 0.2) is 0 Å². The molecule has 11 nitrogen and oxygen atoms in total. The van der Waals surface area contributed by atoms with E-state index in [4.69, 9.17) is 20.7 Å². The molecule has 252 valence electrons. The monoisotopic (exact) mass is 662 g/mol. The van der Waals surface area contributed by atoms with Gasteiger partial charge in [0.25, 0.3) is 6.47 Å². The number of carbonyl (C=O) groups is 1. The van der Waals surface area contributed by atoms with Gasteiger partial charge in [0.05, 0.1) is 10.8 Å². The zero-order valence-corrected chi connectivity index (χ0v) is 27.6. The van der Waals surface area contributed by atoms with Gasteiger partial charge in [-0.15, -0.1) is 22.7 Å². The third-order valence-electron chi connectivity index (χ3n) is 7.75. The van der Waals surface area contributed by atoms with Crippen molar-refractivity contribution in [3.8, 4) is 0 Å². The molecule has 2 saturated heterocycles. The first-order valence-corrected chi connectivity index (χ1v) is 16.4. The molecule has 2 aliphatic heterocycles. The Kier molecular flexibility index (Phi) is 18.0. The summed E-state index contributed by atoms with van der Waals surface area (Å²) in [7, 11) is 5.35. The third-order valence-corrected chi connectivity index (χ3v) is 10.1. The van der Waals surface area contributed by atoms with E-state index in [0.717, 1.165) is 80.3 Å². The molecule has 4 N–H and O–H groups in total. The number of hydrogen-bond acceptors (Lipinski definition) is 12. The first-order chi connectivity index (χ1) is 20.9. The summed E-state index contributed by atoms with van der Waals surface area (Å²) in [5, 5.41) is 16.3. The number of nitrogens with two attached hydrogens (primary N) is 1. The molecule has 0 aliphatic carbocycles. The number of thiophene rings is 2. The lowest BCUT2D eigenvalue weighted by atomic mass is 10.0. The Bertz CT molecular complexity index is 1400. The van der Waals surface area contributed by atoms with Crippen molar-refractivity contribution in [1.82, 2.24) is 24.8 Å². The van der Waals surface area contributed by atoms with E-state index in [-0.39, 0.29) is 21.3 Å². The van der Waals surface area contributed by atoms with Gasteiger partial charge in [0.1, 0.15) is 34.0 Å². The quantitative estimate of drug-likeness (QED) is 0.232. The second-order valence-electron chi connectivity index (χ2n) is 10.6. The van der Waals surface area contributed by atoms with Gasteiger partial charge in [-0.05, 0) is 64.8 Å². The van der Waals surface area contributed by atoms with Gasteiger partial charge in [-0.2, -0.15) is 0 Å². The van der Waals surface area contributed by atoms with Crippen LogP contribution in [0.4, 0.5) is 11.6 Å². The molecule has 0 spiro atoms. The molecular formula is C32H54N8O3S2. The molecule has 0 aromatic carbocycles. The predicted octanol–water partition coefficient (Wildman–Crippen LogP) is 5.55. The van der Waals surface area contributed by atoms with Gasteiger partial charge in [-0.1, -0.05) is 28.7 Å². The van der Waals surface area contributed by atoms with E-state index in [1.165, 1.54) is 33.4 Å². The highest BCUT2D eigenvalue weighted by Gasteiger charge is 2.23. The van der Waals surface area contributed by atoms with Crippen LogP contribution in [0.25, 0.3) is 20.4 Å². The highest BCUT2D eigenvalue weighted by molar-refractivity contribution is 7.19. The molecule has 0 bridgehead atoms. The van der Waals surface area contributed by atoms with Crippen LogP contribution in [-0.4, -0.2) is 101 Å². The van der Waals surface area contributed by atoms with Crippen LogP contribution in [0.15, 0.2) is 24.8 Å². The van der Waals surface area contributed by atoms with Crippen molar-refractivity contribution >= 4 is 61.2 Å². The maximum absolute atomic E-state index is 8.36. The molecule has 0 saturated carbocycles. The first kappa shape index (κ1) is 40.1. The SMILES string of the molecule is C.C.CCc1cc2c(N3CCC(N(C)C)CC3)ncnc2s1.CCc1cc2c(N3CCC(N)CC3)ncnc2s1.CO.O=CO. The van der Waals surface area contributed by atoms with Gasteiger partial charge in [-0.25, -0.2) is 19.9 Å². The summed E-state index contributed by atoms with van der Waals surface area (Å²) in [5.74, 6) is 2.21. The average Bonchev–Trinajstić information content (AvgIpc) is 3.67. The minimum Gasteiger partial charge on any atom is -0.483 e. The van der Waals surface area contributed by atoms with E-state index in [2.05, 4.69) is 74.7 Å². The largest absolute Gasteiger partial charge is 0.483 e. The number of hydrogen-bond donors (Lipinski definition) is 3. The van der Waals surface area contributed by atoms with Crippen LogP contribution < -0.4 is 15.5 Å². The Labute approximate surface area is 277 Å². The van der Waals surface area contributed by atoms with Crippen molar-refractivity contribution in [1.29, 1.82) is 0 Å². The summed E-state index contributed by atoms with van der Waals surface area (Å²) in [6, 6.07) is 5.57. The molecule has 6 rings (SSSR count). The zero-order chi connectivity index (χ0) is 31.4. The fraction of sp³-hybridized carbons (Fsp3) is 0.594. The molecule has 2 aliphatic rings. The Morgan fingerprint density at radius 1 is 0.822 bits per heavy atom. The number of rotatable bonds is 5. The number of piperidine rings is 2. The zero-order valence-electron chi connectivity index (χ0n) is 25.9. The molecular weight excluding hydrogens is 609 g/mol. The number of nitrogens with zero attached hydrogens (tertiary/aromatic N) is 7. The molecule has 13 heteroatoms. The predicted molar refractivity (Wildman–Crippen MR) is 192 cm³/mol. The Hall–Kier alpha value is -2.97. The van der Waals surface area contributed by atoms with Gasteiger partial charge in [-0.3, -0.25) is 4.79 Å². The van der Waals surface area contributed by atoms with E-state index in [0.29, 0.717) is 12.1 Å². The van der Waals surface area contributed by atoms with Crippen molar-refractivity contribution in [3.05, 3.63) is 34.5 Å². The van der Waals surface area contributed by atoms with Gasteiger partial charge < -0.3 is 30.6 Å². The number of aryl methyl sites for hydroxylation is 2. The Balaban J connectivity index is 0.000000381. The number of carboxylic acid groups (broad SMARTS) is 1. The number of aromatic nitrogens is 4. The molecule has 2 fully saturated rings. The summed E-state index contributed by atoms with van der Waals surface area (Å²) < 4.78 is 0. The van der Waals surface area contributed by atoms with Crippen LogP contribution in [0.5, 0.6) is 0 Å². The third kappa shape index (κ3) is 10.5. The molecule has 45 heavy (non-hydrogen) atoms. The molecule has 4 aromatic heterocycles. The molecule has 6 heterocycles. The van der Waals surface area contributed by atoms with E-state index in [1.54, 1.807) is 35.3 Å². The fourth-order valence-corrected chi connectivity index (χ4v) is 7.20. The topological polar surface area (TPSA) is 145 Å². The standard InChI is InChI=1S/C15H22N4S.C13H18N4S.CH2O2.CH4O.2CH4/c1-4-12-9-13-14(16-10-17-15(13)20-12)19-7-5-11(6-8-19)18(2)3;1-2-10-7-11-12(15-8-16-13(11)18-10)17-5-3-9(14)4-6-17;2-1-3;1-2;;/h9-11H,4-8H2,1-3H3;7-9H,2-6,14H2,1H3;1H,(H,2,3);2H,1H3;2*1H4. The normalized spacial score (nSPS) is 15.1. The number of aliphatic hydroxyl groups is 1. The summed E-state index contributed by atoms with van der Waals surface area (Å²) in [5.41, 5.74) is 5.96. The summed E-state index contributed by atoms with van der Waals surface area (Å²) >= 11 is 3.57. The van der Waals surface area contributed by atoms with Gasteiger partial charge >= 0.3 is 0 Å². The van der Waals surface area contributed by atoms with Gasteiger partial charge in [0.2, 0.25) is 0 Å². The first-order valence-electron chi connectivity index (χ1n) is 14.8. The minimum absolute atomic E-state index is 0. The minimum atomic E-state index is -0.250. The van der Waals surface area contributed by atoms with E-state index in [1.807, 2.05) is 0 Å². The van der Waals surface area contributed by atoms with Crippen molar-refractivity contribution in [2.45, 2.75) is 79.3 Å². The Morgan fingerprint density at radius 2 is 1.20 bits per heavy atom. The van der Waals surface area contributed by atoms with Crippen LogP contribution in [0.3, 0.4) is 0 Å². The average molecular weight is 663 g/mol. The molecule has 0 radical (unpaired) electrons. The van der Waals surface area contributed by atoms with E-state index < -0.39 is 0 Å². The lowest BCUT2D eigenvalue weighted by molar-refractivity contribution is -0.122. The second kappa shape index (κ2) is 20.2. The van der Waals surface area contributed by atoms with Crippen LogP contribution >= 0.6 is 22.7 Å². The van der Waals surface area contributed by atoms with Crippen molar-refractivity contribution < 1.29 is 15.0 Å². The lowest BCUT2D eigenvalue weighted by Gasteiger charge is -2.35. The van der Waals surface area contributed by atoms with Gasteiger partial charge in [0, 0.05) is 55.1 Å². The van der Waals surface area contributed by atoms with Crippen LogP contribution in [0.1, 0.15) is 64.1 Å². The number of aliphatic hydroxyl groups excluding tert-OH is 1. The van der Waals surface area contributed by atoms with Crippen molar-refractivity contribution in [3.63, 3.8) is 0 Å². The smallest absolute Gasteiger partial charge is 0.290 e. The highest BCUT2D eigenvalue weighted by Crippen LogP contribution is 2.33. The fourth-order valence-electron chi connectivity index (χ4n) is 5.34. The summed E-state index contributed by atoms with van der Waals surface area (Å²) in [6.45, 7) is 8.31. The number of anilines is 2. The molecule has 0 atom stereocenters. The van der Waals surface area contributed by atoms with Crippen LogP contribution in [-0.2, 0) is 17.6 Å².